The zero-order valence-corrected chi connectivity index (χ0v) is 18.2. The number of aliphatic carboxylic acids is 1. The lowest BCUT2D eigenvalue weighted by Crippen LogP contribution is -2.39. The molecule has 1 fully saturated rings. The van der Waals surface area contributed by atoms with Gasteiger partial charge >= 0.3 is 5.97 Å². The van der Waals surface area contributed by atoms with Crippen molar-refractivity contribution in [2.24, 2.45) is 0 Å². The summed E-state index contributed by atoms with van der Waals surface area (Å²) in [4.78, 5) is 13.6. The van der Waals surface area contributed by atoms with Gasteiger partial charge in [-0.15, -0.1) is 0 Å². The van der Waals surface area contributed by atoms with E-state index in [1.54, 1.807) is 23.1 Å². The van der Waals surface area contributed by atoms with Crippen LogP contribution in [-0.4, -0.2) is 35.7 Å². The molecule has 2 unspecified atom stereocenters. The molecular formula is C26H25F2NO4. The third-order valence-electron chi connectivity index (χ3n) is 5.91. The molecule has 0 aromatic heterocycles. The van der Waals surface area contributed by atoms with E-state index in [4.69, 9.17) is 9.47 Å². The second kappa shape index (κ2) is 10.0. The number of hydrogen-bond acceptors (Lipinski definition) is 4. The quantitative estimate of drug-likeness (QED) is 0.509. The van der Waals surface area contributed by atoms with Crippen LogP contribution in [0.15, 0.2) is 66.7 Å². The van der Waals surface area contributed by atoms with Gasteiger partial charge in [-0.1, -0.05) is 42.5 Å². The molecule has 0 aliphatic carbocycles. The van der Waals surface area contributed by atoms with Gasteiger partial charge in [0.05, 0.1) is 13.2 Å². The maximum Gasteiger partial charge on any atom is 0.320 e. The van der Waals surface area contributed by atoms with Crippen molar-refractivity contribution in [2.45, 2.75) is 31.5 Å². The Bertz CT molecular complexity index is 1120. The maximum atomic E-state index is 14.9. The predicted molar refractivity (Wildman–Crippen MR) is 119 cm³/mol. The first-order chi connectivity index (χ1) is 16.0. The summed E-state index contributed by atoms with van der Waals surface area (Å²) in [6.45, 7) is 0.826. The highest BCUT2D eigenvalue weighted by Crippen LogP contribution is 2.39. The van der Waals surface area contributed by atoms with E-state index in [-0.39, 0.29) is 5.56 Å². The third-order valence-corrected chi connectivity index (χ3v) is 5.91. The van der Waals surface area contributed by atoms with Crippen LogP contribution in [0.3, 0.4) is 0 Å². The van der Waals surface area contributed by atoms with E-state index in [1.807, 2.05) is 30.3 Å². The van der Waals surface area contributed by atoms with Crippen LogP contribution in [0.4, 0.5) is 8.78 Å². The summed E-state index contributed by atoms with van der Waals surface area (Å²) >= 11 is 0. The van der Waals surface area contributed by atoms with Gasteiger partial charge in [0, 0.05) is 18.2 Å². The Morgan fingerprint density at radius 1 is 1.09 bits per heavy atom. The summed E-state index contributed by atoms with van der Waals surface area (Å²) in [5.41, 5.74) is 1.85. The van der Waals surface area contributed by atoms with Crippen LogP contribution in [0, 0.1) is 11.6 Å². The Hall–Kier alpha value is -3.45. The average Bonchev–Trinajstić information content (AvgIpc) is 3.30. The summed E-state index contributed by atoms with van der Waals surface area (Å²) in [6, 6.07) is 16.8. The maximum absolute atomic E-state index is 14.9. The standard InChI is InChI=1S/C26H25F2NO4/c1-32-24-14-18(9-12-23(24)33-16-17-6-3-2-4-7-17)25(20-11-10-19(27)15-21(20)28)29-13-5-8-22(29)26(30)31/h2-4,6-7,9-12,14-15,22,25H,5,8,13,16H2,1H3,(H,30,31). The fraction of sp³-hybridized carbons (Fsp3) is 0.269. The number of rotatable bonds is 8. The molecule has 1 N–H and O–H groups in total. The van der Waals surface area contributed by atoms with Crippen molar-refractivity contribution in [2.75, 3.05) is 13.7 Å². The summed E-state index contributed by atoms with van der Waals surface area (Å²) in [5.74, 6) is -1.41. The van der Waals surface area contributed by atoms with Gasteiger partial charge in [-0.3, -0.25) is 9.69 Å². The number of methoxy groups -OCH3 is 1. The van der Waals surface area contributed by atoms with Crippen LogP contribution >= 0.6 is 0 Å². The first-order valence-corrected chi connectivity index (χ1v) is 10.8. The van der Waals surface area contributed by atoms with E-state index >= 15 is 0 Å². The van der Waals surface area contributed by atoms with E-state index in [2.05, 4.69) is 0 Å². The molecule has 4 rings (SSSR count). The Morgan fingerprint density at radius 3 is 2.58 bits per heavy atom. The molecule has 0 radical (unpaired) electrons. The number of carbonyl (C=O) groups is 1. The molecule has 0 spiro atoms. The zero-order chi connectivity index (χ0) is 23.4. The average molecular weight is 453 g/mol. The summed E-state index contributed by atoms with van der Waals surface area (Å²) in [5, 5.41) is 9.72. The van der Waals surface area contributed by atoms with Crippen molar-refractivity contribution in [3.05, 3.63) is 95.1 Å². The molecule has 0 saturated carbocycles. The van der Waals surface area contributed by atoms with Crippen LogP contribution in [-0.2, 0) is 11.4 Å². The van der Waals surface area contributed by atoms with E-state index in [0.717, 1.165) is 11.6 Å². The molecule has 1 saturated heterocycles. The van der Waals surface area contributed by atoms with Crippen LogP contribution < -0.4 is 9.47 Å². The molecular weight excluding hydrogens is 428 g/mol. The number of ether oxygens (including phenoxy) is 2. The van der Waals surface area contributed by atoms with E-state index in [0.29, 0.717) is 43.1 Å². The van der Waals surface area contributed by atoms with E-state index in [1.165, 1.54) is 19.2 Å². The first-order valence-electron chi connectivity index (χ1n) is 10.8. The van der Waals surface area contributed by atoms with Gasteiger partial charge in [0.1, 0.15) is 24.3 Å². The Labute approximate surface area is 191 Å². The van der Waals surface area contributed by atoms with Crippen molar-refractivity contribution >= 4 is 5.97 Å². The highest BCUT2D eigenvalue weighted by atomic mass is 19.1. The Balaban J connectivity index is 1.71. The van der Waals surface area contributed by atoms with Crippen molar-refractivity contribution in [3.63, 3.8) is 0 Å². The number of carboxylic acids is 1. The molecule has 2 atom stereocenters. The SMILES string of the molecule is COc1cc(C(c2ccc(F)cc2F)N2CCCC2C(=O)O)ccc1OCc1ccccc1. The number of hydrogen-bond donors (Lipinski definition) is 1. The molecule has 33 heavy (non-hydrogen) atoms. The van der Waals surface area contributed by atoms with Gasteiger partial charge in [-0.2, -0.15) is 0 Å². The molecule has 3 aromatic rings. The lowest BCUT2D eigenvalue weighted by Gasteiger charge is -2.32. The molecule has 3 aromatic carbocycles. The van der Waals surface area contributed by atoms with Gasteiger partial charge in [0.25, 0.3) is 0 Å². The topological polar surface area (TPSA) is 59.0 Å². The minimum absolute atomic E-state index is 0.213. The first kappa shape index (κ1) is 22.7. The molecule has 7 heteroatoms. The number of nitrogens with zero attached hydrogens (tertiary/aromatic N) is 1. The van der Waals surface area contributed by atoms with Crippen LogP contribution in [0.5, 0.6) is 11.5 Å². The van der Waals surface area contributed by atoms with Gasteiger partial charge in [0.15, 0.2) is 11.5 Å². The number of carboxylic acid groups (broad SMARTS) is 1. The molecule has 172 valence electrons. The van der Waals surface area contributed by atoms with Gasteiger partial charge in [0.2, 0.25) is 0 Å². The number of benzene rings is 3. The summed E-state index contributed by atoms with van der Waals surface area (Å²) < 4.78 is 39.9. The molecule has 0 bridgehead atoms. The van der Waals surface area contributed by atoms with Crippen molar-refractivity contribution in [1.29, 1.82) is 0 Å². The number of likely N-dealkylation sites (tertiary alicyclic amines) is 1. The Kier molecular flexibility index (Phi) is 6.89. The second-order valence-electron chi connectivity index (χ2n) is 7.99. The molecule has 1 heterocycles. The van der Waals surface area contributed by atoms with Crippen LogP contribution in [0.25, 0.3) is 0 Å². The summed E-state index contributed by atoms with van der Waals surface area (Å²) in [7, 11) is 1.51. The lowest BCUT2D eigenvalue weighted by molar-refractivity contribution is -0.142. The largest absolute Gasteiger partial charge is 0.493 e. The smallest absolute Gasteiger partial charge is 0.320 e. The monoisotopic (exact) mass is 453 g/mol. The van der Waals surface area contributed by atoms with Gasteiger partial charge in [-0.25, -0.2) is 8.78 Å². The van der Waals surface area contributed by atoms with Crippen molar-refractivity contribution in [1.82, 2.24) is 4.90 Å². The van der Waals surface area contributed by atoms with Gasteiger partial charge < -0.3 is 14.6 Å². The van der Waals surface area contributed by atoms with Crippen molar-refractivity contribution < 1.29 is 28.2 Å². The zero-order valence-electron chi connectivity index (χ0n) is 18.2. The minimum atomic E-state index is -0.963. The highest BCUT2D eigenvalue weighted by Gasteiger charge is 2.38. The van der Waals surface area contributed by atoms with Crippen molar-refractivity contribution in [3.8, 4) is 11.5 Å². The van der Waals surface area contributed by atoms with E-state index in [9.17, 15) is 18.7 Å². The highest BCUT2D eigenvalue weighted by molar-refractivity contribution is 5.74. The van der Waals surface area contributed by atoms with E-state index < -0.39 is 29.7 Å². The fourth-order valence-corrected chi connectivity index (χ4v) is 4.35. The van der Waals surface area contributed by atoms with Crippen LogP contribution in [0.1, 0.15) is 35.6 Å². The Morgan fingerprint density at radius 2 is 1.88 bits per heavy atom. The summed E-state index contributed by atoms with van der Waals surface area (Å²) in [6.07, 6.45) is 1.13. The molecule has 1 aliphatic heterocycles. The normalized spacial score (nSPS) is 17.0. The van der Waals surface area contributed by atoms with Crippen LogP contribution in [0.2, 0.25) is 0 Å². The molecule has 0 amide bonds. The molecule has 1 aliphatic rings. The van der Waals surface area contributed by atoms with Gasteiger partial charge in [-0.05, 0) is 42.2 Å². The fourth-order valence-electron chi connectivity index (χ4n) is 4.35. The lowest BCUT2D eigenvalue weighted by atomic mass is 9.95. The third kappa shape index (κ3) is 4.98. The number of halogens is 2. The predicted octanol–water partition coefficient (Wildman–Crippen LogP) is 5.19. The molecule has 5 nitrogen and oxygen atoms in total. The second-order valence-corrected chi connectivity index (χ2v) is 7.99. The minimum Gasteiger partial charge on any atom is -0.493 e.